The first kappa shape index (κ1) is 16.6. The number of ether oxygens (including phenoxy) is 2. The Bertz CT molecular complexity index is 701. The molecule has 7 heteroatoms. The molecule has 3 rings (SSSR count). The highest BCUT2D eigenvalue weighted by Crippen LogP contribution is 2.43. The molecule has 3 atom stereocenters. The first-order chi connectivity index (χ1) is 11.5. The lowest BCUT2D eigenvalue weighted by atomic mass is 9.93. The van der Waals surface area contributed by atoms with Gasteiger partial charge in [-0.1, -0.05) is 0 Å². The average molecular weight is 333 g/mol. The second-order valence-corrected chi connectivity index (χ2v) is 5.95. The number of carbonyl (C=O) groups excluding carboxylic acids is 1. The number of rotatable bonds is 4. The van der Waals surface area contributed by atoms with Crippen molar-refractivity contribution in [3.63, 3.8) is 0 Å². The summed E-state index contributed by atoms with van der Waals surface area (Å²) in [4.78, 5) is 17.7. The third-order valence-corrected chi connectivity index (χ3v) is 4.42. The van der Waals surface area contributed by atoms with Gasteiger partial charge in [0, 0.05) is 16.8 Å². The molecule has 130 valence electrons. The number of allylic oxidation sites excluding steroid dienone is 1. The SMILES string of the molecule is CCOC(=O)C1c2cc(OC)c(C3=C(C)ONC3C)cc2NC1N. The molecule has 1 aromatic rings. The molecule has 2 aliphatic rings. The maximum absolute atomic E-state index is 12.2. The smallest absolute Gasteiger partial charge is 0.316 e. The van der Waals surface area contributed by atoms with E-state index in [-0.39, 0.29) is 12.0 Å². The van der Waals surface area contributed by atoms with E-state index in [1.165, 1.54) is 0 Å². The van der Waals surface area contributed by atoms with Crippen LogP contribution in [0.4, 0.5) is 5.69 Å². The van der Waals surface area contributed by atoms with Crippen LogP contribution in [0.25, 0.3) is 5.57 Å². The van der Waals surface area contributed by atoms with Crippen LogP contribution in [0, 0.1) is 0 Å². The van der Waals surface area contributed by atoms with Crippen LogP contribution in [-0.4, -0.2) is 31.9 Å². The number of hydroxylamine groups is 1. The molecule has 0 aliphatic carbocycles. The Hall–Kier alpha value is -2.25. The summed E-state index contributed by atoms with van der Waals surface area (Å²) in [6.45, 7) is 6.01. The molecular weight excluding hydrogens is 310 g/mol. The van der Waals surface area contributed by atoms with Gasteiger partial charge in [0.1, 0.15) is 17.4 Å². The summed E-state index contributed by atoms with van der Waals surface area (Å²) in [5.41, 5.74) is 12.6. The largest absolute Gasteiger partial charge is 0.496 e. The molecule has 7 nitrogen and oxygen atoms in total. The van der Waals surface area contributed by atoms with Crippen LogP contribution in [0.1, 0.15) is 37.8 Å². The van der Waals surface area contributed by atoms with Crippen molar-refractivity contribution < 1.29 is 19.1 Å². The predicted molar refractivity (Wildman–Crippen MR) is 90.2 cm³/mol. The van der Waals surface area contributed by atoms with Gasteiger partial charge >= 0.3 is 5.97 Å². The lowest BCUT2D eigenvalue weighted by Crippen LogP contribution is -2.35. The van der Waals surface area contributed by atoms with Crippen molar-refractivity contribution in [1.29, 1.82) is 0 Å². The highest BCUT2D eigenvalue weighted by Gasteiger charge is 2.38. The molecule has 0 aromatic heterocycles. The molecule has 0 fully saturated rings. The Morgan fingerprint density at radius 2 is 2.17 bits per heavy atom. The lowest BCUT2D eigenvalue weighted by Gasteiger charge is -2.16. The van der Waals surface area contributed by atoms with Crippen LogP contribution in [0.15, 0.2) is 17.9 Å². The Kier molecular flexibility index (Phi) is 4.38. The van der Waals surface area contributed by atoms with Crippen molar-refractivity contribution in [1.82, 2.24) is 5.48 Å². The van der Waals surface area contributed by atoms with E-state index in [1.807, 2.05) is 26.0 Å². The summed E-state index contributed by atoms with van der Waals surface area (Å²) in [6.07, 6.45) is -0.524. The molecule has 24 heavy (non-hydrogen) atoms. The van der Waals surface area contributed by atoms with Gasteiger partial charge in [0.25, 0.3) is 0 Å². The summed E-state index contributed by atoms with van der Waals surface area (Å²) in [6, 6.07) is 3.85. The maximum Gasteiger partial charge on any atom is 0.316 e. The van der Waals surface area contributed by atoms with Gasteiger partial charge in [-0.05, 0) is 38.5 Å². The molecule has 0 saturated carbocycles. The molecule has 0 radical (unpaired) electrons. The van der Waals surface area contributed by atoms with Crippen molar-refractivity contribution in [2.45, 2.75) is 38.9 Å². The van der Waals surface area contributed by atoms with Crippen molar-refractivity contribution >= 4 is 17.2 Å². The second-order valence-electron chi connectivity index (χ2n) is 5.95. The number of carbonyl (C=O) groups is 1. The zero-order valence-corrected chi connectivity index (χ0v) is 14.3. The molecule has 0 spiro atoms. The van der Waals surface area contributed by atoms with Crippen LogP contribution >= 0.6 is 0 Å². The van der Waals surface area contributed by atoms with Crippen molar-refractivity contribution in [2.75, 3.05) is 19.0 Å². The van der Waals surface area contributed by atoms with Crippen LogP contribution < -0.4 is 21.3 Å². The van der Waals surface area contributed by atoms with Crippen LogP contribution in [0.2, 0.25) is 0 Å². The van der Waals surface area contributed by atoms with Gasteiger partial charge < -0.3 is 25.4 Å². The minimum Gasteiger partial charge on any atom is -0.496 e. The molecule has 1 aromatic carbocycles. The van der Waals surface area contributed by atoms with Gasteiger partial charge in [-0.25, -0.2) is 0 Å². The fourth-order valence-electron chi connectivity index (χ4n) is 3.34. The standard InChI is InChI=1S/C17H23N3O4/c1-5-23-17(21)15-10-7-13(22-4)11(6-12(10)19-16(15)18)14-8(2)20-24-9(14)3/h6-8,15-16,19-20H,5,18H2,1-4H3. The minimum atomic E-state index is -0.548. The average Bonchev–Trinajstić information content (AvgIpc) is 3.04. The van der Waals surface area contributed by atoms with E-state index < -0.39 is 12.1 Å². The number of fused-ring (bicyclic) bond motifs is 1. The Morgan fingerprint density at radius 1 is 1.42 bits per heavy atom. The van der Waals surface area contributed by atoms with Gasteiger partial charge in [0.2, 0.25) is 0 Å². The van der Waals surface area contributed by atoms with Gasteiger partial charge in [-0.15, -0.1) is 5.48 Å². The molecule has 0 bridgehead atoms. The summed E-state index contributed by atoms with van der Waals surface area (Å²) in [7, 11) is 1.61. The fraction of sp³-hybridized carbons (Fsp3) is 0.471. The van der Waals surface area contributed by atoms with E-state index in [2.05, 4.69) is 10.8 Å². The number of hydrogen-bond acceptors (Lipinski definition) is 7. The number of anilines is 1. The zero-order chi connectivity index (χ0) is 17.4. The molecule has 2 heterocycles. The number of esters is 1. The Morgan fingerprint density at radius 3 is 2.75 bits per heavy atom. The van der Waals surface area contributed by atoms with Gasteiger partial charge in [-0.3, -0.25) is 4.79 Å². The topological polar surface area (TPSA) is 94.8 Å². The van der Waals surface area contributed by atoms with E-state index in [9.17, 15) is 4.79 Å². The third kappa shape index (κ3) is 2.59. The third-order valence-electron chi connectivity index (χ3n) is 4.42. The Balaban J connectivity index is 2.07. The first-order valence-electron chi connectivity index (χ1n) is 8.02. The second kappa shape index (κ2) is 6.33. The quantitative estimate of drug-likeness (QED) is 0.722. The monoisotopic (exact) mass is 333 g/mol. The van der Waals surface area contributed by atoms with Crippen molar-refractivity contribution in [3.8, 4) is 5.75 Å². The molecule has 0 amide bonds. The molecule has 2 aliphatic heterocycles. The first-order valence-corrected chi connectivity index (χ1v) is 8.02. The van der Waals surface area contributed by atoms with Gasteiger partial charge in [0.15, 0.2) is 0 Å². The molecule has 0 saturated heterocycles. The normalized spacial score (nSPS) is 25.1. The van der Waals surface area contributed by atoms with Gasteiger partial charge in [0.05, 0.1) is 25.9 Å². The maximum atomic E-state index is 12.2. The highest BCUT2D eigenvalue weighted by molar-refractivity contribution is 5.88. The van der Waals surface area contributed by atoms with Crippen LogP contribution in [0.5, 0.6) is 5.75 Å². The molecule has 3 unspecified atom stereocenters. The number of benzene rings is 1. The summed E-state index contributed by atoms with van der Waals surface area (Å²) in [5, 5.41) is 3.17. The van der Waals surface area contributed by atoms with E-state index in [0.717, 1.165) is 28.1 Å². The number of methoxy groups -OCH3 is 1. The van der Waals surface area contributed by atoms with Gasteiger partial charge in [-0.2, -0.15) is 0 Å². The summed E-state index contributed by atoms with van der Waals surface area (Å²) in [5.74, 6) is 0.589. The predicted octanol–water partition coefficient (Wildman–Crippen LogP) is 1.71. The van der Waals surface area contributed by atoms with Crippen molar-refractivity contribution in [2.24, 2.45) is 5.73 Å². The molecular formula is C17H23N3O4. The highest BCUT2D eigenvalue weighted by atomic mass is 16.7. The van der Waals surface area contributed by atoms with E-state index >= 15 is 0 Å². The summed E-state index contributed by atoms with van der Waals surface area (Å²) >= 11 is 0. The lowest BCUT2D eigenvalue weighted by molar-refractivity contribution is -0.145. The fourth-order valence-corrected chi connectivity index (χ4v) is 3.34. The Labute approximate surface area is 141 Å². The van der Waals surface area contributed by atoms with Crippen LogP contribution in [-0.2, 0) is 14.4 Å². The summed E-state index contributed by atoms with van der Waals surface area (Å²) < 4.78 is 10.7. The number of nitrogens with one attached hydrogen (secondary N) is 2. The number of hydrogen-bond donors (Lipinski definition) is 3. The minimum absolute atomic E-state index is 0.0351. The van der Waals surface area contributed by atoms with E-state index in [4.69, 9.17) is 20.0 Å². The van der Waals surface area contributed by atoms with E-state index in [1.54, 1.807) is 14.0 Å². The zero-order valence-electron chi connectivity index (χ0n) is 14.3. The van der Waals surface area contributed by atoms with Crippen LogP contribution in [0.3, 0.4) is 0 Å². The van der Waals surface area contributed by atoms with Crippen molar-refractivity contribution in [3.05, 3.63) is 29.0 Å². The number of nitrogens with two attached hydrogens (primary N) is 1. The van der Waals surface area contributed by atoms with E-state index in [0.29, 0.717) is 12.4 Å². The molecule has 4 N–H and O–H groups in total.